The van der Waals surface area contributed by atoms with Crippen LogP contribution in [0.3, 0.4) is 0 Å². The van der Waals surface area contributed by atoms with E-state index in [1.165, 1.54) is 0 Å². The van der Waals surface area contributed by atoms with Crippen molar-refractivity contribution in [3.8, 4) is 5.75 Å². The lowest BCUT2D eigenvalue weighted by atomic mass is 9.80. The summed E-state index contributed by atoms with van der Waals surface area (Å²) in [6.07, 6.45) is 0. The minimum atomic E-state index is -0.741. The summed E-state index contributed by atoms with van der Waals surface area (Å²) < 4.78 is 12.6. The molecule has 0 aromatic heterocycles. The lowest BCUT2D eigenvalue weighted by Gasteiger charge is -2.36. The molecule has 3 nitrogen and oxygen atoms in total. The van der Waals surface area contributed by atoms with Gasteiger partial charge in [-0.1, -0.05) is 103 Å². The van der Waals surface area contributed by atoms with Crippen LogP contribution in [0.25, 0.3) is 0 Å². The highest BCUT2D eigenvalue weighted by Gasteiger charge is 2.37. The molecule has 0 saturated heterocycles. The topological polar surface area (TPSA) is 44.5 Å². The van der Waals surface area contributed by atoms with Crippen molar-refractivity contribution in [2.24, 2.45) is 0 Å². The van der Waals surface area contributed by atoms with E-state index in [4.69, 9.17) is 15.2 Å². The third-order valence-corrected chi connectivity index (χ3v) is 5.12. The van der Waals surface area contributed by atoms with Crippen LogP contribution in [-0.2, 0) is 10.3 Å². The second kappa shape index (κ2) is 9.29. The van der Waals surface area contributed by atoms with Crippen molar-refractivity contribution in [2.75, 3.05) is 18.9 Å². The molecule has 30 heavy (non-hydrogen) atoms. The second-order valence-electron chi connectivity index (χ2n) is 7.01. The molecular weight excluding hydrogens is 370 g/mol. The Morgan fingerprint density at radius 2 is 0.967 bits per heavy atom. The number of para-hydroxylation sites is 2. The highest BCUT2D eigenvalue weighted by molar-refractivity contribution is 5.52. The maximum atomic E-state index is 6.68. The minimum Gasteiger partial charge on any atom is -0.489 e. The molecular formula is C27H25NO2. The summed E-state index contributed by atoms with van der Waals surface area (Å²) in [6, 6.07) is 38.5. The van der Waals surface area contributed by atoms with Gasteiger partial charge in [0.15, 0.2) is 0 Å². The van der Waals surface area contributed by atoms with Gasteiger partial charge in [0.1, 0.15) is 18.0 Å². The van der Waals surface area contributed by atoms with Gasteiger partial charge < -0.3 is 15.2 Å². The fraction of sp³-hybridized carbons (Fsp3) is 0.111. The zero-order valence-electron chi connectivity index (χ0n) is 16.8. The van der Waals surface area contributed by atoms with Gasteiger partial charge in [-0.3, -0.25) is 0 Å². The van der Waals surface area contributed by atoms with Crippen LogP contribution in [0.5, 0.6) is 5.75 Å². The number of anilines is 1. The first-order valence-electron chi connectivity index (χ1n) is 10.1. The van der Waals surface area contributed by atoms with Gasteiger partial charge in [0.05, 0.1) is 12.3 Å². The molecule has 150 valence electrons. The van der Waals surface area contributed by atoms with E-state index in [-0.39, 0.29) is 0 Å². The van der Waals surface area contributed by atoms with Crippen molar-refractivity contribution in [1.29, 1.82) is 0 Å². The molecule has 0 radical (unpaired) electrons. The monoisotopic (exact) mass is 395 g/mol. The summed E-state index contributed by atoms with van der Waals surface area (Å²) in [5.41, 5.74) is 9.09. The summed E-state index contributed by atoms with van der Waals surface area (Å²) in [5.74, 6) is 0.672. The Kier molecular flexibility index (Phi) is 6.11. The van der Waals surface area contributed by atoms with Gasteiger partial charge in [0.2, 0.25) is 0 Å². The predicted octanol–water partition coefficient (Wildman–Crippen LogP) is 5.66. The molecule has 0 bridgehead atoms. The molecule has 0 aliphatic carbocycles. The normalized spacial score (nSPS) is 11.2. The minimum absolute atomic E-state index is 0.391. The molecule has 2 N–H and O–H groups in total. The Morgan fingerprint density at radius 1 is 0.533 bits per heavy atom. The van der Waals surface area contributed by atoms with E-state index < -0.39 is 5.60 Å². The van der Waals surface area contributed by atoms with Gasteiger partial charge in [-0.05, 0) is 28.8 Å². The van der Waals surface area contributed by atoms with Crippen LogP contribution >= 0.6 is 0 Å². The zero-order chi connectivity index (χ0) is 20.7. The largest absolute Gasteiger partial charge is 0.489 e. The standard InChI is InChI=1S/C27H25NO2/c28-25-18-10-11-19-26(25)29-20-21-30-27(22-12-4-1-5-13-22,23-14-6-2-7-15-23)24-16-8-3-9-17-24/h1-19H,20-21,28H2. The van der Waals surface area contributed by atoms with E-state index in [9.17, 15) is 0 Å². The Balaban J connectivity index is 1.69. The first kappa shape index (κ1) is 19.7. The fourth-order valence-electron chi connectivity index (χ4n) is 3.73. The highest BCUT2D eigenvalue weighted by atomic mass is 16.5. The Hall–Kier alpha value is -3.56. The first-order valence-corrected chi connectivity index (χ1v) is 10.1. The Labute approximate surface area is 177 Å². The van der Waals surface area contributed by atoms with E-state index in [2.05, 4.69) is 36.4 Å². The quantitative estimate of drug-likeness (QED) is 0.238. The van der Waals surface area contributed by atoms with Crippen LogP contribution in [0.4, 0.5) is 5.69 Å². The molecule has 4 aromatic rings. The lowest BCUT2D eigenvalue weighted by Crippen LogP contribution is -2.34. The molecule has 0 unspecified atom stereocenters. The third kappa shape index (κ3) is 4.07. The third-order valence-electron chi connectivity index (χ3n) is 5.12. The molecule has 0 spiro atoms. The van der Waals surface area contributed by atoms with Crippen molar-refractivity contribution in [1.82, 2.24) is 0 Å². The molecule has 0 amide bonds. The first-order chi connectivity index (χ1) is 14.8. The number of nitrogen functional groups attached to an aromatic ring is 1. The van der Waals surface area contributed by atoms with E-state index in [1.54, 1.807) is 0 Å². The van der Waals surface area contributed by atoms with Crippen molar-refractivity contribution in [2.45, 2.75) is 5.60 Å². The van der Waals surface area contributed by atoms with Crippen LogP contribution in [0.15, 0.2) is 115 Å². The maximum Gasteiger partial charge on any atom is 0.143 e. The van der Waals surface area contributed by atoms with Gasteiger partial charge in [0.25, 0.3) is 0 Å². The number of ether oxygens (including phenoxy) is 2. The molecule has 0 aliphatic rings. The number of hydrogen-bond donors (Lipinski definition) is 1. The highest BCUT2D eigenvalue weighted by Crippen LogP contribution is 2.40. The lowest BCUT2D eigenvalue weighted by molar-refractivity contribution is -0.00230. The number of benzene rings is 4. The summed E-state index contributed by atoms with van der Waals surface area (Å²) >= 11 is 0. The van der Waals surface area contributed by atoms with E-state index in [1.807, 2.05) is 78.9 Å². The van der Waals surface area contributed by atoms with Crippen LogP contribution in [0.2, 0.25) is 0 Å². The molecule has 4 rings (SSSR count). The summed E-state index contributed by atoms with van der Waals surface area (Å²) in [6.45, 7) is 0.787. The van der Waals surface area contributed by atoms with Crippen molar-refractivity contribution >= 4 is 5.69 Å². The van der Waals surface area contributed by atoms with Gasteiger partial charge in [0, 0.05) is 0 Å². The number of hydrogen-bond acceptors (Lipinski definition) is 3. The van der Waals surface area contributed by atoms with Gasteiger partial charge >= 0.3 is 0 Å². The van der Waals surface area contributed by atoms with Gasteiger partial charge in [-0.25, -0.2) is 0 Å². The molecule has 4 aromatic carbocycles. The van der Waals surface area contributed by atoms with Crippen molar-refractivity contribution in [3.05, 3.63) is 132 Å². The zero-order valence-corrected chi connectivity index (χ0v) is 16.8. The fourth-order valence-corrected chi connectivity index (χ4v) is 3.73. The SMILES string of the molecule is Nc1ccccc1OCCOC(c1ccccc1)(c1ccccc1)c1ccccc1. The van der Waals surface area contributed by atoms with Crippen molar-refractivity contribution < 1.29 is 9.47 Å². The average Bonchev–Trinajstić information content (AvgIpc) is 2.82. The van der Waals surface area contributed by atoms with E-state index >= 15 is 0 Å². The van der Waals surface area contributed by atoms with Crippen molar-refractivity contribution in [3.63, 3.8) is 0 Å². The summed E-state index contributed by atoms with van der Waals surface area (Å²) in [5, 5.41) is 0. The molecule has 3 heteroatoms. The summed E-state index contributed by atoms with van der Waals surface area (Å²) in [4.78, 5) is 0. The number of nitrogens with two attached hydrogens (primary N) is 1. The van der Waals surface area contributed by atoms with Gasteiger partial charge in [-0.2, -0.15) is 0 Å². The Bertz CT molecular complexity index is 953. The molecule has 0 fully saturated rings. The summed E-state index contributed by atoms with van der Waals surface area (Å²) in [7, 11) is 0. The van der Waals surface area contributed by atoms with Crippen LogP contribution in [-0.4, -0.2) is 13.2 Å². The van der Waals surface area contributed by atoms with Crippen LogP contribution in [0.1, 0.15) is 16.7 Å². The maximum absolute atomic E-state index is 6.68. The second-order valence-corrected chi connectivity index (χ2v) is 7.01. The van der Waals surface area contributed by atoms with Crippen LogP contribution in [0, 0.1) is 0 Å². The molecule has 0 atom stereocenters. The smallest absolute Gasteiger partial charge is 0.143 e. The average molecular weight is 396 g/mol. The van der Waals surface area contributed by atoms with Crippen LogP contribution < -0.4 is 10.5 Å². The predicted molar refractivity (Wildman–Crippen MR) is 122 cm³/mol. The molecule has 0 aliphatic heterocycles. The molecule has 0 saturated carbocycles. The molecule has 0 heterocycles. The Morgan fingerprint density at radius 3 is 1.43 bits per heavy atom. The van der Waals surface area contributed by atoms with Gasteiger partial charge in [-0.15, -0.1) is 0 Å². The van der Waals surface area contributed by atoms with E-state index in [0.29, 0.717) is 24.7 Å². The van der Waals surface area contributed by atoms with E-state index in [0.717, 1.165) is 16.7 Å². The number of rotatable bonds is 8.